The van der Waals surface area contributed by atoms with E-state index in [1.165, 1.54) is 0 Å². The maximum absolute atomic E-state index is 12.2. The van der Waals surface area contributed by atoms with E-state index in [2.05, 4.69) is 22.9 Å². The molecule has 0 bridgehead atoms. The fraction of sp³-hybridized carbons (Fsp3) is 0.846. The fourth-order valence-electron chi connectivity index (χ4n) is 2.76. The first kappa shape index (κ1) is 13.3. The van der Waals surface area contributed by atoms with Crippen molar-refractivity contribution in [2.24, 2.45) is 11.8 Å². The van der Waals surface area contributed by atoms with Crippen molar-refractivity contribution in [1.82, 2.24) is 16.0 Å². The standard InChI is InChI=1S/C13H23N3O2/c1-9-8-14-7-5-10(9)12(17)16-11-4-2-3-6-15-13(11)18/h9-11,14H,2-8H2,1H3,(H,15,18)(H,16,17). The summed E-state index contributed by atoms with van der Waals surface area (Å²) in [5, 5.41) is 9.06. The van der Waals surface area contributed by atoms with E-state index >= 15 is 0 Å². The molecule has 0 radical (unpaired) electrons. The molecule has 5 heteroatoms. The van der Waals surface area contributed by atoms with Crippen LogP contribution in [-0.2, 0) is 9.59 Å². The molecule has 18 heavy (non-hydrogen) atoms. The van der Waals surface area contributed by atoms with E-state index in [1.807, 2.05) is 0 Å². The van der Waals surface area contributed by atoms with Crippen LogP contribution < -0.4 is 16.0 Å². The van der Waals surface area contributed by atoms with Gasteiger partial charge in [-0.3, -0.25) is 9.59 Å². The minimum absolute atomic E-state index is 0.0255. The maximum Gasteiger partial charge on any atom is 0.242 e. The zero-order valence-electron chi connectivity index (χ0n) is 11.0. The summed E-state index contributed by atoms with van der Waals surface area (Å²) in [4.78, 5) is 24.0. The minimum atomic E-state index is -0.331. The van der Waals surface area contributed by atoms with Gasteiger partial charge in [0.15, 0.2) is 0 Å². The smallest absolute Gasteiger partial charge is 0.242 e. The fourth-order valence-corrected chi connectivity index (χ4v) is 2.76. The Labute approximate surface area is 108 Å². The summed E-state index contributed by atoms with van der Waals surface area (Å²) in [6, 6.07) is -0.331. The number of carbonyl (C=O) groups excluding carboxylic acids is 2. The number of amides is 2. The van der Waals surface area contributed by atoms with Gasteiger partial charge in [-0.1, -0.05) is 6.92 Å². The molecule has 2 heterocycles. The Morgan fingerprint density at radius 2 is 2.11 bits per heavy atom. The van der Waals surface area contributed by atoms with Gasteiger partial charge in [-0.2, -0.15) is 0 Å². The van der Waals surface area contributed by atoms with Crippen molar-refractivity contribution in [2.75, 3.05) is 19.6 Å². The summed E-state index contributed by atoms with van der Waals surface area (Å²) < 4.78 is 0. The Bertz CT molecular complexity index is 319. The molecule has 0 saturated carbocycles. The zero-order chi connectivity index (χ0) is 13.0. The van der Waals surface area contributed by atoms with Crippen LogP contribution in [0.15, 0.2) is 0 Å². The van der Waals surface area contributed by atoms with E-state index in [0.717, 1.165) is 45.3 Å². The van der Waals surface area contributed by atoms with E-state index < -0.39 is 0 Å². The van der Waals surface area contributed by atoms with E-state index in [0.29, 0.717) is 5.92 Å². The van der Waals surface area contributed by atoms with Crippen molar-refractivity contribution in [3.63, 3.8) is 0 Å². The van der Waals surface area contributed by atoms with Crippen molar-refractivity contribution in [3.05, 3.63) is 0 Å². The number of carbonyl (C=O) groups is 2. The molecule has 0 aromatic carbocycles. The molecule has 2 saturated heterocycles. The summed E-state index contributed by atoms with van der Waals surface area (Å²) in [6.07, 6.45) is 3.62. The van der Waals surface area contributed by atoms with Gasteiger partial charge < -0.3 is 16.0 Å². The van der Waals surface area contributed by atoms with Crippen molar-refractivity contribution >= 4 is 11.8 Å². The first-order chi connectivity index (χ1) is 8.68. The lowest BCUT2D eigenvalue weighted by molar-refractivity contribution is -0.132. The van der Waals surface area contributed by atoms with Gasteiger partial charge in [0, 0.05) is 12.5 Å². The Morgan fingerprint density at radius 1 is 1.28 bits per heavy atom. The van der Waals surface area contributed by atoms with E-state index in [1.54, 1.807) is 0 Å². The second kappa shape index (κ2) is 6.18. The van der Waals surface area contributed by atoms with Crippen LogP contribution in [0.5, 0.6) is 0 Å². The summed E-state index contributed by atoms with van der Waals surface area (Å²) in [7, 11) is 0. The molecular formula is C13H23N3O2. The molecule has 0 aromatic heterocycles. The minimum Gasteiger partial charge on any atom is -0.354 e. The number of nitrogens with one attached hydrogen (secondary N) is 3. The van der Waals surface area contributed by atoms with Gasteiger partial charge in [-0.05, 0) is 44.7 Å². The molecule has 0 aliphatic carbocycles. The van der Waals surface area contributed by atoms with Crippen LogP contribution in [0.25, 0.3) is 0 Å². The van der Waals surface area contributed by atoms with Gasteiger partial charge in [0.1, 0.15) is 6.04 Å². The normalized spacial score (nSPS) is 33.4. The predicted octanol–water partition coefficient (Wildman–Crippen LogP) is 0.0169. The molecule has 2 rings (SSSR count). The van der Waals surface area contributed by atoms with Crippen LogP contribution in [0.3, 0.4) is 0 Å². The molecule has 0 aromatic rings. The molecule has 2 aliphatic rings. The second-order valence-corrected chi connectivity index (χ2v) is 5.42. The Kier molecular flexibility index (Phi) is 4.58. The van der Waals surface area contributed by atoms with Gasteiger partial charge in [-0.25, -0.2) is 0 Å². The monoisotopic (exact) mass is 253 g/mol. The van der Waals surface area contributed by atoms with Crippen LogP contribution in [-0.4, -0.2) is 37.5 Å². The third-order valence-electron chi connectivity index (χ3n) is 3.97. The zero-order valence-corrected chi connectivity index (χ0v) is 11.0. The molecule has 0 spiro atoms. The van der Waals surface area contributed by atoms with Crippen LogP contribution in [0.1, 0.15) is 32.6 Å². The predicted molar refractivity (Wildman–Crippen MR) is 68.9 cm³/mol. The third kappa shape index (κ3) is 3.22. The van der Waals surface area contributed by atoms with E-state index in [9.17, 15) is 9.59 Å². The van der Waals surface area contributed by atoms with E-state index in [4.69, 9.17) is 0 Å². The molecule has 3 N–H and O–H groups in total. The average Bonchev–Trinajstić information content (AvgIpc) is 2.55. The van der Waals surface area contributed by atoms with Crippen LogP contribution in [0, 0.1) is 11.8 Å². The highest BCUT2D eigenvalue weighted by atomic mass is 16.2. The topological polar surface area (TPSA) is 70.2 Å². The van der Waals surface area contributed by atoms with Crippen molar-refractivity contribution < 1.29 is 9.59 Å². The van der Waals surface area contributed by atoms with Crippen LogP contribution in [0.4, 0.5) is 0 Å². The van der Waals surface area contributed by atoms with Gasteiger partial charge >= 0.3 is 0 Å². The third-order valence-corrected chi connectivity index (χ3v) is 3.97. The summed E-state index contributed by atoms with van der Waals surface area (Å²) in [5.41, 5.74) is 0. The second-order valence-electron chi connectivity index (χ2n) is 5.42. The molecule has 2 aliphatic heterocycles. The molecule has 2 fully saturated rings. The quantitative estimate of drug-likeness (QED) is 0.649. The van der Waals surface area contributed by atoms with Crippen molar-refractivity contribution in [1.29, 1.82) is 0 Å². The number of rotatable bonds is 2. The molecule has 2 amide bonds. The number of piperidine rings is 1. The van der Waals surface area contributed by atoms with Gasteiger partial charge in [-0.15, -0.1) is 0 Å². The van der Waals surface area contributed by atoms with Gasteiger partial charge in [0.05, 0.1) is 0 Å². The highest BCUT2D eigenvalue weighted by Gasteiger charge is 2.30. The molecule has 102 valence electrons. The first-order valence-corrected chi connectivity index (χ1v) is 6.97. The lowest BCUT2D eigenvalue weighted by Gasteiger charge is -2.29. The van der Waals surface area contributed by atoms with Crippen molar-refractivity contribution in [2.45, 2.75) is 38.6 Å². The summed E-state index contributed by atoms with van der Waals surface area (Å²) >= 11 is 0. The van der Waals surface area contributed by atoms with Crippen LogP contribution >= 0.6 is 0 Å². The molecule has 3 atom stereocenters. The lowest BCUT2D eigenvalue weighted by Crippen LogP contribution is -2.50. The van der Waals surface area contributed by atoms with Crippen molar-refractivity contribution in [3.8, 4) is 0 Å². The summed E-state index contributed by atoms with van der Waals surface area (Å²) in [6.45, 7) is 4.59. The largest absolute Gasteiger partial charge is 0.354 e. The maximum atomic E-state index is 12.2. The SMILES string of the molecule is CC1CNCCC1C(=O)NC1CCCCNC1=O. The highest BCUT2D eigenvalue weighted by molar-refractivity contribution is 5.88. The highest BCUT2D eigenvalue weighted by Crippen LogP contribution is 2.19. The van der Waals surface area contributed by atoms with E-state index in [-0.39, 0.29) is 23.8 Å². The first-order valence-electron chi connectivity index (χ1n) is 6.97. The van der Waals surface area contributed by atoms with Gasteiger partial charge in [0.25, 0.3) is 0 Å². The molecule has 3 unspecified atom stereocenters. The Morgan fingerprint density at radius 3 is 2.89 bits per heavy atom. The Balaban J connectivity index is 1.90. The molecular weight excluding hydrogens is 230 g/mol. The molecule has 5 nitrogen and oxygen atoms in total. The van der Waals surface area contributed by atoms with Gasteiger partial charge in [0.2, 0.25) is 11.8 Å². The summed E-state index contributed by atoms with van der Waals surface area (Å²) in [5.74, 6) is 0.406. The van der Waals surface area contributed by atoms with Crippen LogP contribution in [0.2, 0.25) is 0 Å². The number of hydrogen-bond donors (Lipinski definition) is 3. The number of hydrogen-bond acceptors (Lipinski definition) is 3. The Hall–Kier alpha value is -1.10. The lowest BCUT2D eigenvalue weighted by atomic mass is 9.87. The average molecular weight is 253 g/mol.